The van der Waals surface area contributed by atoms with Crippen molar-refractivity contribution in [2.75, 3.05) is 11.9 Å². The van der Waals surface area contributed by atoms with E-state index in [0.29, 0.717) is 0 Å². The topological polar surface area (TPSA) is 49.3 Å². The smallest absolute Gasteiger partial charge is 0.389 e. The van der Waals surface area contributed by atoms with Crippen molar-refractivity contribution in [2.24, 2.45) is 0 Å². The van der Waals surface area contributed by atoms with Gasteiger partial charge in [0, 0.05) is 18.5 Å². The first-order valence-corrected chi connectivity index (χ1v) is 6.07. The fraction of sp³-hybridized carbons (Fsp3) is 0.357. The van der Waals surface area contributed by atoms with E-state index >= 15 is 0 Å². The van der Waals surface area contributed by atoms with Crippen molar-refractivity contribution in [3.8, 4) is 11.8 Å². The number of rotatable bonds is 4. The van der Waals surface area contributed by atoms with Gasteiger partial charge in [0.2, 0.25) is 5.91 Å². The Labute approximate surface area is 119 Å². The van der Waals surface area contributed by atoms with Gasteiger partial charge in [-0.05, 0) is 18.2 Å². The molecule has 0 aliphatic rings. The Bertz CT molecular complexity index is 558. The van der Waals surface area contributed by atoms with Gasteiger partial charge in [0.15, 0.2) is 0 Å². The van der Waals surface area contributed by atoms with Crippen LogP contribution >= 0.6 is 0 Å². The molecule has 0 aromatic heterocycles. The summed E-state index contributed by atoms with van der Waals surface area (Å²) in [6, 6.07) is 3.63. The maximum Gasteiger partial charge on any atom is 0.389 e. The lowest BCUT2D eigenvalue weighted by atomic mass is 10.2. The Balaban J connectivity index is 2.64. The minimum absolute atomic E-state index is 0.0624. The molecule has 0 fully saturated rings. The Hall–Kier alpha value is -2.07. The molecule has 114 valence electrons. The second-order valence-corrected chi connectivity index (χ2v) is 4.13. The van der Waals surface area contributed by atoms with Crippen LogP contribution < -0.4 is 5.32 Å². The van der Waals surface area contributed by atoms with Gasteiger partial charge in [0.25, 0.3) is 0 Å². The first-order valence-electron chi connectivity index (χ1n) is 6.07. The first kappa shape index (κ1) is 17.0. The average molecular weight is 303 g/mol. The third-order valence-electron chi connectivity index (χ3n) is 2.35. The summed E-state index contributed by atoms with van der Waals surface area (Å²) in [4.78, 5) is 11.3. The zero-order chi connectivity index (χ0) is 15.9. The molecular formula is C14H13F4NO2. The van der Waals surface area contributed by atoms with Crippen molar-refractivity contribution in [2.45, 2.75) is 25.4 Å². The van der Waals surface area contributed by atoms with Crippen molar-refractivity contribution in [1.29, 1.82) is 0 Å². The SMILES string of the molecule is O=C(CCC(F)(F)F)Nc1ccc(C#CCCO)c(F)c1. The second kappa shape index (κ2) is 7.64. The molecule has 1 amide bonds. The number of hydrogen-bond acceptors (Lipinski definition) is 2. The van der Waals surface area contributed by atoms with Crippen LogP contribution in [0.15, 0.2) is 18.2 Å². The van der Waals surface area contributed by atoms with E-state index in [1.54, 1.807) is 0 Å². The molecule has 2 N–H and O–H groups in total. The predicted molar refractivity (Wildman–Crippen MR) is 68.9 cm³/mol. The van der Waals surface area contributed by atoms with Gasteiger partial charge in [0.1, 0.15) is 5.82 Å². The summed E-state index contributed by atoms with van der Waals surface area (Å²) in [7, 11) is 0. The van der Waals surface area contributed by atoms with Gasteiger partial charge in [-0.1, -0.05) is 11.8 Å². The predicted octanol–water partition coefficient (Wildman–Crippen LogP) is 2.84. The second-order valence-electron chi connectivity index (χ2n) is 4.13. The molecule has 0 atom stereocenters. The quantitative estimate of drug-likeness (QED) is 0.664. The van der Waals surface area contributed by atoms with Gasteiger partial charge in [-0.25, -0.2) is 4.39 Å². The number of hydrogen-bond donors (Lipinski definition) is 2. The van der Waals surface area contributed by atoms with Crippen LogP contribution in [0.25, 0.3) is 0 Å². The molecule has 7 heteroatoms. The summed E-state index contributed by atoms with van der Waals surface area (Å²) in [5, 5.41) is 10.7. The van der Waals surface area contributed by atoms with E-state index in [9.17, 15) is 22.4 Å². The van der Waals surface area contributed by atoms with Crippen LogP contribution in [0.1, 0.15) is 24.8 Å². The van der Waals surface area contributed by atoms with Crippen molar-refractivity contribution in [3.05, 3.63) is 29.6 Å². The van der Waals surface area contributed by atoms with E-state index < -0.39 is 30.7 Å². The summed E-state index contributed by atoms with van der Waals surface area (Å²) in [6.07, 6.45) is -6.15. The number of carbonyl (C=O) groups is 1. The molecule has 1 rings (SSSR count). The number of aliphatic hydroxyl groups excluding tert-OH is 1. The van der Waals surface area contributed by atoms with Gasteiger partial charge >= 0.3 is 6.18 Å². The van der Waals surface area contributed by atoms with Crippen LogP contribution in [0.5, 0.6) is 0 Å². The van der Waals surface area contributed by atoms with Crippen LogP contribution in [-0.4, -0.2) is 23.8 Å². The summed E-state index contributed by atoms with van der Waals surface area (Å²) in [5.74, 6) is 3.49. The molecule has 0 aliphatic carbocycles. The van der Waals surface area contributed by atoms with E-state index in [4.69, 9.17) is 5.11 Å². The number of amides is 1. The highest BCUT2D eigenvalue weighted by molar-refractivity contribution is 5.90. The Kier molecular flexibility index (Phi) is 6.18. The van der Waals surface area contributed by atoms with Crippen molar-refractivity contribution < 1.29 is 27.5 Å². The minimum atomic E-state index is -4.41. The van der Waals surface area contributed by atoms with Gasteiger partial charge in [-0.2, -0.15) is 13.2 Å². The fourth-order valence-corrected chi connectivity index (χ4v) is 1.39. The lowest BCUT2D eigenvalue weighted by molar-refractivity contribution is -0.142. The molecule has 1 aromatic rings. The maximum atomic E-state index is 13.6. The lowest BCUT2D eigenvalue weighted by Gasteiger charge is -2.08. The number of nitrogens with one attached hydrogen (secondary N) is 1. The molecule has 3 nitrogen and oxygen atoms in total. The zero-order valence-corrected chi connectivity index (χ0v) is 10.9. The minimum Gasteiger partial charge on any atom is -0.395 e. The van der Waals surface area contributed by atoms with E-state index in [0.717, 1.165) is 6.07 Å². The van der Waals surface area contributed by atoms with Crippen LogP contribution in [0.3, 0.4) is 0 Å². The average Bonchev–Trinajstić information content (AvgIpc) is 2.38. The molecule has 0 bridgehead atoms. The lowest BCUT2D eigenvalue weighted by Crippen LogP contribution is -2.16. The van der Waals surface area contributed by atoms with Crippen LogP contribution in [0, 0.1) is 17.7 Å². The Morgan fingerprint density at radius 1 is 1.33 bits per heavy atom. The van der Waals surface area contributed by atoms with Crippen LogP contribution in [0.2, 0.25) is 0 Å². The highest BCUT2D eigenvalue weighted by Crippen LogP contribution is 2.22. The number of alkyl halides is 3. The van der Waals surface area contributed by atoms with E-state index in [1.165, 1.54) is 12.1 Å². The summed E-state index contributed by atoms with van der Waals surface area (Å²) in [5.41, 5.74) is 0.143. The van der Waals surface area contributed by atoms with Crippen LogP contribution in [-0.2, 0) is 4.79 Å². The molecule has 0 unspecified atom stereocenters. The van der Waals surface area contributed by atoms with Gasteiger partial charge in [-0.3, -0.25) is 4.79 Å². The summed E-state index contributed by atoms with van der Waals surface area (Å²) >= 11 is 0. The number of anilines is 1. The summed E-state index contributed by atoms with van der Waals surface area (Å²) in [6.45, 7) is -0.137. The molecular weight excluding hydrogens is 290 g/mol. The third kappa shape index (κ3) is 6.77. The molecule has 0 aliphatic heterocycles. The molecule has 0 radical (unpaired) electrons. The van der Waals surface area contributed by atoms with Crippen molar-refractivity contribution >= 4 is 11.6 Å². The number of benzene rings is 1. The summed E-state index contributed by atoms with van der Waals surface area (Å²) < 4.78 is 49.4. The monoisotopic (exact) mass is 303 g/mol. The normalized spacial score (nSPS) is 10.7. The van der Waals surface area contributed by atoms with E-state index in [1.807, 2.05) is 0 Å². The number of halogens is 4. The molecule has 1 aromatic carbocycles. The third-order valence-corrected chi connectivity index (χ3v) is 2.35. The Morgan fingerprint density at radius 2 is 2.05 bits per heavy atom. The van der Waals surface area contributed by atoms with Crippen molar-refractivity contribution in [3.63, 3.8) is 0 Å². The molecule has 0 heterocycles. The Morgan fingerprint density at radius 3 is 2.62 bits per heavy atom. The highest BCUT2D eigenvalue weighted by Gasteiger charge is 2.27. The molecule has 0 saturated heterocycles. The van der Waals surface area contributed by atoms with E-state index in [2.05, 4.69) is 17.2 Å². The molecule has 21 heavy (non-hydrogen) atoms. The molecule has 0 spiro atoms. The number of aliphatic hydroxyl groups is 1. The van der Waals surface area contributed by atoms with Gasteiger partial charge in [0.05, 0.1) is 18.6 Å². The number of carbonyl (C=O) groups excluding carboxylic acids is 1. The van der Waals surface area contributed by atoms with Crippen LogP contribution in [0.4, 0.5) is 23.2 Å². The van der Waals surface area contributed by atoms with Crippen molar-refractivity contribution in [1.82, 2.24) is 0 Å². The largest absolute Gasteiger partial charge is 0.395 e. The highest BCUT2D eigenvalue weighted by atomic mass is 19.4. The van der Waals surface area contributed by atoms with Gasteiger partial charge < -0.3 is 10.4 Å². The van der Waals surface area contributed by atoms with Gasteiger partial charge in [-0.15, -0.1) is 0 Å². The zero-order valence-electron chi connectivity index (χ0n) is 10.9. The standard InChI is InChI=1S/C14H13F4NO2/c15-12-9-11(5-4-10(12)3-1-2-8-20)19-13(21)6-7-14(16,17)18/h4-5,9,20H,2,6-8H2,(H,19,21). The van der Waals surface area contributed by atoms with E-state index in [-0.39, 0.29) is 24.3 Å². The fourth-order valence-electron chi connectivity index (χ4n) is 1.39. The first-order chi connectivity index (χ1) is 9.81. The molecule has 0 saturated carbocycles. The maximum absolute atomic E-state index is 13.6.